The Balaban J connectivity index is 0.000000121. The molecule has 2 aromatic heterocycles. The molecule has 0 amide bonds. The summed E-state index contributed by atoms with van der Waals surface area (Å²) in [5.74, 6) is 3.69. The molecule has 2 aliphatic carbocycles. The van der Waals surface area contributed by atoms with Crippen LogP contribution in [0.2, 0.25) is 0 Å². The zero-order valence-corrected chi connectivity index (χ0v) is 36.2. The van der Waals surface area contributed by atoms with Crippen LogP contribution in [-0.2, 0) is 10.8 Å². The van der Waals surface area contributed by atoms with Gasteiger partial charge in [-0.1, -0.05) is 158 Å². The van der Waals surface area contributed by atoms with Crippen molar-refractivity contribution in [3.05, 3.63) is 263 Å². The van der Waals surface area contributed by atoms with Crippen LogP contribution in [-0.4, -0.2) is 0 Å². The second kappa shape index (κ2) is 13.2. The predicted octanol–water partition coefficient (Wildman–Crippen LogP) is 16.6. The predicted molar refractivity (Wildman–Crippen MR) is 268 cm³/mol. The summed E-state index contributed by atoms with van der Waals surface area (Å²) in [6.07, 6.45) is 0. The monoisotopic (exact) mass is 860 g/mol. The van der Waals surface area contributed by atoms with Crippen molar-refractivity contribution in [3.8, 4) is 45.3 Å². The molecule has 0 fully saturated rings. The van der Waals surface area contributed by atoms with Crippen molar-refractivity contribution in [3.63, 3.8) is 0 Å². The highest BCUT2D eigenvalue weighted by atomic mass is 32.1. The van der Waals surface area contributed by atoms with Gasteiger partial charge in [-0.25, -0.2) is 0 Å². The fourth-order valence-corrected chi connectivity index (χ4v) is 13.3. The SMILES string of the molecule is c1ccc2c(c1)Oc1ccccc1C21c2ccccc2-c2cc3c(cc21)oc1ccccc13.c1ccc2c(c1)Oc1ccccc1C21c2ccccc2-c2cc3c(cc21)sc1ccccc13. The smallest absolute Gasteiger partial charge is 0.135 e. The van der Waals surface area contributed by atoms with E-state index in [4.69, 9.17) is 13.9 Å². The van der Waals surface area contributed by atoms with Crippen LogP contribution >= 0.6 is 11.3 Å². The highest BCUT2D eigenvalue weighted by Crippen LogP contribution is 2.64. The Bertz CT molecular complexity index is 3680. The Kier molecular flexibility index (Phi) is 7.24. The molecule has 66 heavy (non-hydrogen) atoms. The van der Waals surface area contributed by atoms with Gasteiger partial charge in [0.2, 0.25) is 0 Å². The fraction of sp³-hybridized carbons (Fsp3) is 0.0323. The number of hydrogen-bond donors (Lipinski definition) is 0. The highest BCUT2D eigenvalue weighted by molar-refractivity contribution is 7.25. The molecule has 0 atom stereocenters. The standard InChI is InChI=1S/C31H18O2.C31H18OS/c1-3-11-23-19(9-1)21-17-22-20-10-2-6-14-27(20)32-30(22)18-26(21)31(23)24-12-4-7-15-28(24)33-29-16-8-5-13-25(29)31;1-3-11-23-19(9-1)21-17-22-20-10-2-8-16-29(20)33-30(22)18-26(21)31(23)24-12-4-6-14-27(24)32-28-15-7-5-13-25(28)31/h2*1-18H. The minimum atomic E-state index is -0.454. The van der Waals surface area contributed by atoms with Crippen LogP contribution in [0, 0.1) is 0 Å². The van der Waals surface area contributed by atoms with Gasteiger partial charge in [0, 0.05) is 53.2 Å². The number of hydrogen-bond acceptors (Lipinski definition) is 4. The molecule has 4 heterocycles. The van der Waals surface area contributed by atoms with Crippen LogP contribution < -0.4 is 9.47 Å². The van der Waals surface area contributed by atoms with Crippen molar-refractivity contribution in [1.29, 1.82) is 0 Å². The molecule has 10 aromatic carbocycles. The van der Waals surface area contributed by atoms with E-state index in [1.54, 1.807) is 0 Å². The maximum absolute atomic E-state index is 6.43. The van der Waals surface area contributed by atoms with Crippen LogP contribution in [0.15, 0.2) is 223 Å². The van der Waals surface area contributed by atoms with E-state index >= 15 is 0 Å². The Morgan fingerprint density at radius 3 is 1.26 bits per heavy atom. The van der Waals surface area contributed by atoms with Gasteiger partial charge in [-0.05, 0) is 105 Å². The first-order chi connectivity index (χ1) is 32.7. The van der Waals surface area contributed by atoms with Gasteiger partial charge in [-0.15, -0.1) is 11.3 Å². The second-order valence-corrected chi connectivity index (χ2v) is 18.8. The summed E-state index contributed by atoms with van der Waals surface area (Å²) >= 11 is 1.89. The lowest BCUT2D eigenvalue weighted by molar-refractivity contribution is 0.436. The Hall–Kier alpha value is -8.18. The molecule has 4 heteroatoms. The number of benzene rings is 10. The van der Waals surface area contributed by atoms with Crippen molar-refractivity contribution in [2.45, 2.75) is 10.8 Å². The number of rotatable bonds is 0. The maximum Gasteiger partial charge on any atom is 0.135 e. The molecule has 2 spiro atoms. The number of para-hydroxylation sites is 5. The number of thiophene rings is 1. The van der Waals surface area contributed by atoms with Crippen LogP contribution in [0.4, 0.5) is 0 Å². The number of ether oxygens (including phenoxy) is 2. The van der Waals surface area contributed by atoms with Crippen molar-refractivity contribution < 1.29 is 13.9 Å². The van der Waals surface area contributed by atoms with Crippen LogP contribution in [0.25, 0.3) is 64.4 Å². The first-order valence-corrected chi connectivity index (χ1v) is 23.4. The maximum atomic E-state index is 6.43. The Labute approximate surface area is 384 Å². The molecule has 0 saturated heterocycles. The van der Waals surface area contributed by atoms with Crippen LogP contribution in [0.1, 0.15) is 44.5 Å². The number of furan rings is 1. The summed E-state index contributed by atoms with van der Waals surface area (Å²) in [5, 5.41) is 4.99. The molecule has 2 aliphatic heterocycles. The van der Waals surface area contributed by atoms with E-state index in [1.165, 1.54) is 86.9 Å². The van der Waals surface area contributed by atoms with E-state index < -0.39 is 5.41 Å². The lowest BCUT2D eigenvalue weighted by Crippen LogP contribution is -2.32. The van der Waals surface area contributed by atoms with Crippen molar-refractivity contribution in [1.82, 2.24) is 0 Å². The highest BCUT2D eigenvalue weighted by Gasteiger charge is 2.52. The lowest BCUT2D eigenvalue weighted by Gasteiger charge is -2.39. The lowest BCUT2D eigenvalue weighted by atomic mass is 9.66. The zero-order valence-electron chi connectivity index (χ0n) is 35.4. The molecule has 12 aromatic rings. The molecule has 0 saturated carbocycles. The molecular formula is C62H36O3S. The second-order valence-electron chi connectivity index (χ2n) is 17.8. The summed E-state index contributed by atoms with van der Waals surface area (Å²) in [4.78, 5) is 0. The molecule has 0 radical (unpaired) electrons. The van der Waals surface area contributed by atoms with Crippen molar-refractivity contribution in [2.24, 2.45) is 0 Å². The van der Waals surface area contributed by atoms with Gasteiger partial charge in [-0.2, -0.15) is 0 Å². The molecule has 4 aliphatic rings. The van der Waals surface area contributed by atoms with Gasteiger partial charge in [-0.3, -0.25) is 0 Å². The van der Waals surface area contributed by atoms with Gasteiger partial charge >= 0.3 is 0 Å². The third-order valence-corrected chi connectivity index (χ3v) is 15.8. The van der Waals surface area contributed by atoms with E-state index in [-0.39, 0.29) is 5.41 Å². The van der Waals surface area contributed by atoms with E-state index in [0.717, 1.165) is 44.9 Å². The Morgan fingerprint density at radius 2 is 0.697 bits per heavy atom. The molecule has 308 valence electrons. The van der Waals surface area contributed by atoms with Gasteiger partial charge in [0.25, 0.3) is 0 Å². The van der Waals surface area contributed by atoms with Gasteiger partial charge in [0.15, 0.2) is 0 Å². The molecule has 0 bridgehead atoms. The summed E-state index contributed by atoms with van der Waals surface area (Å²) in [5.41, 5.74) is 16.2. The van der Waals surface area contributed by atoms with Gasteiger partial charge < -0.3 is 13.9 Å². The van der Waals surface area contributed by atoms with Crippen molar-refractivity contribution in [2.75, 3.05) is 0 Å². The molecule has 16 rings (SSSR count). The van der Waals surface area contributed by atoms with Crippen molar-refractivity contribution >= 4 is 53.4 Å². The van der Waals surface area contributed by atoms with Gasteiger partial charge in [0.05, 0.1) is 10.8 Å². The molecular weight excluding hydrogens is 825 g/mol. The van der Waals surface area contributed by atoms with E-state index in [0.29, 0.717) is 0 Å². The normalized spacial score (nSPS) is 14.5. The molecule has 0 N–H and O–H groups in total. The third-order valence-electron chi connectivity index (χ3n) is 14.7. The Morgan fingerprint density at radius 1 is 0.273 bits per heavy atom. The first kappa shape index (κ1) is 36.2. The zero-order chi connectivity index (χ0) is 43.1. The minimum Gasteiger partial charge on any atom is -0.457 e. The summed E-state index contributed by atoms with van der Waals surface area (Å²) in [6, 6.07) is 78.2. The first-order valence-electron chi connectivity index (χ1n) is 22.6. The quantitative estimate of drug-likeness (QED) is 0.152. The summed E-state index contributed by atoms with van der Waals surface area (Å²) in [7, 11) is 0. The van der Waals surface area contributed by atoms with Gasteiger partial charge in [0.1, 0.15) is 34.2 Å². The summed E-state index contributed by atoms with van der Waals surface area (Å²) in [6.45, 7) is 0. The van der Waals surface area contributed by atoms with Crippen LogP contribution in [0.5, 0.6) is 23.0 Å². The fourth-order valence-electron chi connectivity index (χ4n) is 12.1. The molecule has 3 nitrogen and oxygen atoms in total. The summed E-state index contributed by atoms with van der Waals surface area (Å²) < 4.78 is 21.9. The largest absolute Gasteiger partial charge is 0.457 e. The minimum absolute atomic E-state index is 0.387. The van der Waals surface area contributed by atoms with Crippen LogP contribution in [0.3, 0.4) is 0 Å². The number of fused-ring (bicyclic) bond motifs is 24. The topological polar surface area (TPSA) is 31.6 Å². The average molecular weight is 861 g/mol. The van der Waals surface area contributed by atoms with E-state index in [1.807, 2.05) is 35.6 Å². The van der Waals surface area contributed by atoms with E-state index in [2.05, 4.69) is 194 Å². The third kappa shape index (κ3) is 4.56. The van der Waals surface area contributed by atoms with E-state index in [9.17, 15) is 0 Å². The molecule has 0 unspecified atom stereocenters. The average Bonchev–Trinajstić information content (AvgIpc) is 4.09.